The molecule has 0 saturated heterocycles. The van der Waals surface area contributed by atoms with E-state index in [0.29, 0.717) is 0 Å². The minimum atomic E-state index is 0.758. The lowest BCUT2D eigenvalue weighted by atomic mass is 10.1. The van der Waals surface area contributed by atoms with Crippen molar-refractivity contribution in [2.75, 3.05) is 48.5 Å². The van der Waals surface area contributed by atoms with E-state index in [4.69, 9.17) is 11.5 Å². The molecule has 1 aromatic rings. The van der Waals surface area contributed by atoms with Crippen molar-refractivity contribution in [3.63, 3.8) is 0 Å². The van der Waals surface area contributed by atoms with E-state index in [9.17, 15) is 0 Å². The molecule has 4 nitrogen and oxygen atoms in total. The van der Waals surface area contributed by atoms with Crippen LogP contribution in [0.2, 0.25) is 0 Å². The van der Waals surface area contributed by atoms with Crippen molar-refractivity contribution in [2.24, 2.45) is 0 Å². The summed E-state index contributed by atoms with van der Waals surface area (Å²) in [7, 11) is 4.18. The topological polar surface area (TPSA) is 58.5 Å². The van der Waals surface area contributed by atoms with Gasteiger partial charge in [-0.1, -0.05) is 26.7 Å². The number of benzene rings is 1. The number of hydrogen-bond acceptors (Lipinski definition) is 4. The summed E-state index contributed by atoms with van der Waals surface area (Å²) in [6, 6.07) is 4.01. The van der Waals surface area contributed by atoms with E-state index >= 15 is 0 Å². The van der Waals surface area contributed by atoms with Crippen molar-refractivity contribution in [2.45, 2.75) is 39.5 Å². The number of nitrogen functional groups attached to an aromatic ring is 2. The molecule has 4 heteroatoms. The summed E-state index contributed by atoms with van der Waals surface area (Å²) in [6.45, 7) is 6.43. The first-order valence-corrected chi connectivity index (χ1v) is 7.62. The van der Waals surface area contributed by atoms with Crippen LogP contribution in [0, 0.1) is 0 Å². The van der Waals surface area contributed by atoms with E-state index in [0.717, 1.165) is 35.8 Å². The second kappa shape index (κ2) is 7.88. The Labute approximate surface area is 123 Å². The van der Waals surface area contributed by atoms with Crippen LogP contribution in [0.4, 0.5) is 22.7 Å². The third-order valence-electron chi connectivity index (χ3n) is 3.69. The molecule has 0 heterocycles. The minimum absolute atomic E-state index is 0.758. The van der Waals surface area contributed by atoms with Crippen LogP contribution in [0.25, 0.3) is 0 Å². The molecule has 0 aliphatic rings. The second-order valence-corrected chi connectivity index (χ2v) is 5.52. The molecule has 4 N–H and O–H groups in total. The first-order valence-electron chi connectivity index (χ1n) is 7.62. The Morgan fingerprint density at radius 2 is 1.20 bits per heavy atom. The Bertz CT molecular complexity index is 382. The second-order valence-electron chi connectivity index (χ2n) is 5.52. The molecule has 0 spiro atoms. The van der Waals surface area contributed by atoms with E-state index in [1.807, 2.05) is 6.07 Å². The molecule has 0 bridgehead atoms. The van der Waals surface area contributed by atoms with Gasteiger partial charge in [-0.25, -0.2) is 0 Å². The lowest BCUT2D eigenvalue weighted by molar-refractivity contribution is 0.762. The Balaban J connectivity index is 2.96. The smallest absolute Gasteiger partial charge is 0.0619 e. The Morgan fingerprint density at radius 3 is 1.55 bits per heavy atom. The van der Waals surface area contributed by atoms with Crippen LogP contribution in [0.1, 0.15) is 39.5 Å². The molecule has 0 saturated carbocycles. The number of rotatable bonds is 8. The Hall–Kier alpha value is -1.58. The van der Waals surface area contributed by atoms with Gasteiger partial charge in [0.15, 0.2) is 0 Å². The fraction of sp³-hybridized carbons (Fsp3) is 0.625. The highest BCUT2D eigenvalue weighted by Gasteiger charge is 2.12. The zero-order valence-corrected chi connectivity index (χ0v) is 13.4. The SMILES string of the molecule is CCCCN(C)c1cc(N(C)CCCC)c(N)cc1N. The zero-order chi connectivity index (χ0) is 15.1. The third kappa shape index (κ3) is 4.22. The standard InChI is InChI=1S/C16H30N4/c1-5-7-9-19(3)15-12-16(14(18)11-13(15)17)20(4)10-8-6-2/h11-12H,5-10,17-18H2,1-4H3. The number of anilines is 4. The maximum Gasteiger partial charge on any atom is 0.0619 e. The van der Waals surface area contributed by atoms with Crippen molar-refractivity contribution in [1.29, 1.82) is 0 Å². The molecule has 0 aliphatic carbocycles. The van der Waals surface area contributed by atoms with E-state index in [-0.39, 0.29) is 0 Å². The first-order chi connectivity index (χ1) is 9.51. The molecule has 0 unspecified atom stereocenters. The lowest BCUT2D eigenvalue weighted by Crippen LogP contribution is -2.23. The van der Waals surface area contributed by atoms with Crippen molar-refractivity contribution in [3.8, 4) is 0 Å². The number of unbranched alkanes of at least 4 members (excludes halogenated alkanes) is 2. The molecule has 0 radical (unpaired) electrons. The normalized spacial score (nSPS) is 10.6. The predicted octanol–water partition coefficient (Wildman–Crippen LogP) is 3.32. The summed E-state index contributed by atoms with van der Waals surface area (Å²) in [5.74, 6) is 0. The van der Waals surface area contributed by atoms with Gasteiger partial charge in [-0.3, -0.25) is 0 Å². The molecular formula is C16H30N4. The van der Waals surface area contributed by atoms with E-state index in [1.165, 1.54) is 25.7 Å². The van der Waals surface area contributed by atoms with Crippen LogP contribution in [-0.4, -0.2) is 27.2 Å². The Morgan fingerprint density at radius 1 is 0.800 bits per heavy atom. The van der Waals surface area contributed by atoms with Gasteiger partial charge in [0.1, 0.15) is 0 Å². The average molecular weight is 278 g/mol. The molecule has 1 rings (SSSR count). The summed E-state index contributed by atoms with van der Waals surface area (Å²) < 4.78 is 0. The van der Waals surface area contributed by atoms with Crippen molar-refractivity contribution >= 4 is 22.7 Å². The van der Waals surface area contributed by atoms with Crippen molar-refractivity contribution in [1.82, 2.24) is 0 Å². The van der Waals surface area contributed by atoms with E-state index in [2.05, 4.69) is 43.8 Å². The molecule has 0 aromatic heterocycles. The van der Waals surface area contributed by atoms with Gasteiger partial charge in [0, 0.05) is 27.2 Å². The van der Waals surface area contributed by atoms with Crippen LogP contribution in [-0.2, 0) is 0 Å². The van der Waals surface area contributed by atoms with Crippen LogP contribution >= 0.6 is 0 Å². The van der Waals surface area contributed by atoms with Gasteiger partial charge in [-0.05, 0) is 25.0 Å². The molecule has 114 valence electrons. The van der Waals surface area contributed by atoms with E-state index < -0.39 is 0 Å². The van der Waals surface area contributed by atoms with Crippen LogP contribution in [0.5, 0.6) is 0 Å². The van der Waals surface area contributed by atoms with Gasteiger partial charge in [0.2, 0.25) is 0 Å². The molecule has 0 aliphatic heterocycles. The van der Waals surface area contributed by atoms with Gasteiger partial charge in [-0.15, -0.1) is 0 Å². The van der Waals surface area contributed by atoms with Gasteiger partial charge >= 0.3 is 0 Å². The fourth-order valence-electron chi connectivity index (χ4n) is 2.30. The summed E-state index contributed by atoms with van der Waals surface area (Å²) in [6.07, 6.45) is 4.70. The highest BCUT2D eigenvalue weighted by molar-refractivity contribution is 5.82. The average Bonchev–Trinajstić information content (AvgIpc) is 2.42. The Kier molecular flexibility index (Phi) is 6.49. The lowest BCUT2D eigenvalue weighted by Gasteiger charge is -2.26. The summed E-state index contributed by atoms with van der Waals surface area (Å²) >= 11 is 0. The van der Waals surface area contributed by atoms with Gasteiger partial charge in [-0.2, -0.15) is 0 Å². The highest BCUT2D eigenvalue weighted by atomic mass is 15.1. The minimum Gasteiger partial charge on any atom is -0.397 e. The zero-order valence-electron chi connectivity index (χ0n) is 13.4. The molecule has 0 fully saturated rings. The van der Waals surface area contributed by atoms with Gasteiger partial charge in [0.25, 0.3) is 0 Å². The van der Waals surface area contributed by atoms with Gasteiger partial charge in [0.05, 0.1) is 22.7 Å². The van der Waals surface area contributed by atoms with Crippen LogP contribution in [0.15, 0.2) is 12.1 Å². The first kappa shape index (κ1) is 16.5. The fourth-order valence-corrected chi connectivity index (χ4v) is 2.30. The maximum atomic E-state index is 6.12. The molecular weight excluding hydrogens is 248 g/mol. The monoisotopic (exact) mass is 278 g/mol. The number of hydrogen-bond donors (Lipinski definition) is 2. The van der Waals surface area contributed by atoms with Crippen LogP contribution < -0.4 is 21.3 Å². The molecule has 20 heavy (non-hydrogen) atoms. The number of nitrogens with two attached hydrogens (primary N) is 2. The third-order valence-corrected chi connectivity index (χ3v) is 3.69. The summed E-state index contributed by atoms with van der Waals surface area (Å²) in [5, 5.41) is 0. The number of nitrogens with zero attached hydrogens (tertiary/aromatic N) is 2. The molecule has 1 aromatic carbocycles. The molecule has 0 amide bonds. The largest absolute Gasteiger partial charge is 0.397 e. The van der Waals surface area contributed by atoms with Gasteiger partial charge < -0.3 is 21.3 Å². The summed E-state index contributed by atoms with van der Waals surface area (Å²) in [4.78, 5) is 4.44. The summed E-state index contributed by atoms with van der Waals surface area (Å²) in [5.41, 5.74) is 15.9. The quantitative estimate of drug-likeness (QED) is 0.716. The van der Waals surface area contributed by atoms with E-state index in [1.54, 1.807) is 0 Å². The maximum absolute atomic E-state index is 6.12. The predicted molar refractivity (Wildman–Crippen MR) is 91.6 cm³/mol. The van der Waals surface area contributed by atoms with Crippen molar-refractivity contribution in [3.05, 3.63) is 12.1 Å². The highest BCUT2D eigenvalue weighted by Crippen LogP contribution is 2.33. The molecule has 0 atom stereocenters. The van der Waals surface area contributed by atoms with Crippen molar-refractivity contribution < 1.29 is 0 Å². The van der Waals surface area contributed by atoms with Crippen LogP contribution in [0.3, 0.4) is 0 Å².